The van der Waals surface area contributed by atoms with Gasteiger partial charge in [0.1, 0.15) is 11.3 Å². The first-order valence-corrected chi connectivity index (χ1v) is 17.1. The number of esters is 1. The Balaban J connectivity index is 1.36. The highest BCUT2D eigenvalue weighted by molar-refractivity contribution is 6.28. The van der Waals surface area contributed by atoms with Gasteiger partial charge in [-0.3, -0.25) is 24.1 Å². The van der Waals surface area contributed by atoms with Crippen molar-refractivity contribution >= 4 is 53.1 Å². The Kier molecular flexibility index (Phi) is 8.19. The van der Waals surface area contributed by atoms with Crippen LogP contribution >= 0.6 is 0 Å². The number of methoxy groups -OCH3 is 2. The molecule has 1 unspecified atom stereocenters. The van der Waals surface area contributed by atoms with E-state index in [1.807, 2.05) is 60.7 Å². The summed E-state index contributed by atoms with van der Waals surface area (Å²) in [6.07, 6.45) is 7.29. The molecule has 52 heavy (non-hydrogen) atoms. The van der Waals surface area contributed by atoms with E-state index in [4.69, 9.17) is 9.47 Å². The summed E-state index contributed by atoms with van der Waals surface area (Å²) in [5.41, 5.74) is 0.318. The van der Waals surface area contributed by atoms with Gasteiger partial charge in [-0.1, -0.05) is 103 Å². The molecule has 0 bridgehead atoms. The van der Waals surface area contributed by atoms with Crippen LogP contribution in [0.3, 0.4) is 0 Å². The molecule has 4 aliphatic heterocycles. The first-order chi connectivity index (χ1) is 25.3. The molecule has 260 valence electrons. The molecule has 10 heteroatoms. The standard InChI is InChI=1S/C42H35N3O7/c1-51-30-22-18-27(19-23-30)21-25-32-34-36(40(49)44(38(34)47)29-16-10-5-11-17-29)42(41(50)52-2)35-33(31(45(32)42)24-20-26-12-6-3-7-13-26)37(46)43(39(35)48)28-14-8-4-9-15-28/h3-25,31-36H,1-2H3/b24-20+,25-21+/t31-,32-,33+,34+,35-,36-,42?/m1/s1. The topological polar surface area (TPSA) is 114 Å². The Morgan fingerprint density at radius 1 is 0.577 bits per heavy atom. The number of ether oxygens (including phenoxy) is 2. The van der Waals surface area contributed by atoms with E-state index in [1.54, 1.807) is 90.9 Å². The molecular weight excluding hydrogens is 658 g/mol. The first kappa shape index (κ1) is 33.0. The number of carbonyl (C=O) groups is 5. The molecular formula is C42H35N3O7. The largest absolute Gasteiger partial charge is 0.497 e. The minimum absolute atomic E-state index is 0.353. The molecule has 8 rings (SSSR count). The van der Waals surface area contributed by atoms with Crippen molar-refractivity contribution in [1.82, 2.24) is 4.90 Å². The SMILES string of the molecule is COC(=O)C12[C@H]3C(=O)N(c4ccccc4)C(=O)[C@H]3[C@@H](/C=C/c3ccccc3)N1[C@H](/C=C/c1ccc(OC)cc1)[C@@H]1C(=O)N(c3ccccc3)C(=O)[C@@H]12. The Morgan fingerprint density at radius 3 is 1.42 bits per heavy atom. The van der Waals surface area contributed by atoms with E-state index >= 15 is 0 Å². The van der Waals surface area contributed by atoms with E-state index in [0.717, 1.165) is 20.9 Å². The van der Waals surface area contributed by atoms with Crippen molar-refractivity contribution in [2.24, 2.45) is 23.7 Å². The fraction of sp³-hybridized carbons (Fsp3) is 0.214. The number of para-hydroxylation sites is 2. The third kappa shape index (κ3) is 4.78. The molecule has 4 aromatic carbocycles. The summed E-state index contributed by atoms with van der Waals surface area (Å²) < 4.78 is 10.9. The second-order valence-corrected chi connectivity index (χ2v) is 13.3. The molecule has 10 nitrogen and oxygen atoms in total. The van der Waals surface area contributed by atoms with E-state index in [9.17, 15) is 24.0 Å². The molecule has 0 radical (unpaired) electrons. The van der Waals surface area contributed by atoms with E-state index in [1.165, 1.54) is 7.11 Å². The molecule has 0 saturated carbocycles. The molecule has 0 spiro atoms. The van der Waals surface area contributed by atoms with Crippen molar-refractivity contribution in [1.29, 1.82) is 0 Å². The summed E-state index contributed by atoms with van der Waals surface area (Å²) in [6, 6.07) is 32.1. The summed E-state index contributed by atoms with van der Waals surface area (Å²) in [5, 5.41) is 0. The van der Waals surface area contributed by atoms with Gasteiger partial charge in [-0.15, -0.1) is 0 Å². The van der Waals surface area contributed by atoms with Crippen molar-refractivity contribution in [3.05, 3.63) is 139 Å². The number of imide groups is 2. The number of nitrogens with zero attached hydrogens (tertiary/aromatic N) is 3. The number of fused-ring (bicyclic) bond motifs is 5. The van der Waals surface area contributed by atoms with Crippen LogP contribution in [-0.2, 0) is 28.7 Å². The predicted octanol–water partition coefficient (Wildman–Crippen LogP) is 5.01. The summed E-state index contributed by atoms with van der Waals surface area (Å²) in [7, 11) is 2.78. The van der Waals surface area contributed by atoms with E-state index in [2.05, 4.69) is 0 Å². The minimum atomic E-state index is -2.00. The first-order valence-electron chi connectivity index (χ1n) is 17.1. The lowest BCUT2D eigenvalue weighted by Crippen LogP contribution is -2.62. The highest BCUT2D eigenvalue weighted by Crippen LogP contribution is 2.63. The number of anilines is 2. The van der Waals surface area contributed by atoms with Crippen LogP contribution < -0.4 is 14.5 Å². The van der Waals surface area contributed by atoms with E-state index in [-0.39, 0.29) is 0 Å². The number of benzene rings is 4. The van der Waals surface area contributed by atoms with Crippen LogP contribution in [0.15, 0.2) is 127 Å². The third-order valence-corrected chi connectivity index (χ3v) is 10.9. The van der Waals surface area contributed by atoms with Crippen LogP contribution in [0.4, 0.5) is 11.4 Å². The second kappa shape index (κ2) is 12.9. The van der Waals surface area contributed by atoms with Gasteiger partial charge in [-0.2, -0.15) is 0 Å². The van der Waals surface area contributed by atoms with Crippen molar-refractivity contribution in [2.75, 3.05) is 24.0 Å². The van der Waals surface area contributed by atoms with Crippen molar-refractivity contribution in [3.8, 4) is 5.75 Å². The average molecular weight is 694 g/mol. The molecule has 0 aromatic heterocycles. The molecule has 4 saturated heterocycles. The normalized spacial score (nSPS) is 28.2. The van der Waals surface area contributed by atoms with Gasteiger partial charge in [0, 0.05) is 12.1 Å². The molecule has 4 aliphatic rings. The number of hydrogen-bond acceptors (Lipinski definition) is 8. The fourth-order valence-electron chi connectivity index (χ4n) is 8.86. The smallest absolute Gasteiger partial charge is 0.328 e. The van der Waals surface area contributed by atoms with Gasteiger partial charge in [0.15, 0.2) is 0 Å². The summed E-state index contributed by atoms with van der Waals surface area (Å²) in [6.45, 7) is 0. The monoisotopic (exact) mass is 693 g/mol. The van der Waals surface area contributed by atoms with Gasteiger partial charge < -0.3 is 9.47 Å². The van der Waals surface area contributed by atoms with E-state index in [0.29, 0.717) is 17.1 Å². The fourth-order valence-corrected chi connectivity index (χ4v) is 8.86. The second-order valence-electron chi connectivity index (χ2n) is 13.3. The number of rotatable bonds is 8. The molecule has 4 aromatic rings. The Bertz CT molecular complexity index is 2120. The van der Waals surface area contributed by atoms with E-state index < -0.39 is 70.9 Å². The van der Waals surface area contributed by atoms with Gasteiger partial charge in [0.05, 0.1) is 49.3 Å². The maximum atomic E-state index is 14.9. The Labute approximate surface area is 300 Å². The minimum Gasteiger partial charge on any atom is -0.497 e. The maximum absolute atomic E-state index is 14.9. The quantitative estimate of drug-likeness (QED) is 0.187. The van der Waals surface area contributed by atoms with Crippen molar-refractivity contribution < 1.29 is 33.4 Å². The van der Waals surface area contributed by atoms with Crippen LogP contribution in [0.25, 0.3) is 12.2 Å². The van der Waals surface area contributed by atoms with Crippen LogP contribution in [0, 0.1) is 23.7 Å². The Hall–Kier alpha value is -6.13. The van der Waals surface area contributed by atoms with Crippen LogP contribution in [-0.4, -0.2) is 66.3 Å². The summed E-state index contributed by atoms with van der Waals surface area (Å²) >= 11 is 0. The zero-order chi connectivity index (χ0) is 36.1. The van der Waals surface area contributed by atoms with Gasteiger partial charge in [-0.25, -0.2) is 14.6 Å². The lowest BCUT2D eigenvalue weighted by molar-refractivity contribution is -0.162. The van der Waals surface area contributed by atoms with Crippen molar-refractivity contribution in [3.63, 3.8) is 0 Å². The highest BCUT2D eigenvalue weighted by atomic mass is 16.5. The summed E-state index contributed by atoms with van der Waals surface area (Å²) in [5.74, 6) is -7.24. The van der Waals surface area contributed by atoms with Crippen LogP contribution in [0.5, 0.6) is 5.75 Å². The van der Waals surface area contributed by atoms with Crippen LogP contribution in [0.2, 0.25) is 0 Å². The zero-order valence-corrected chi connectivity index (χ0v) is 28.4. The highest BCUT2D eigenvalue weighted by Gasteiger charge is 2.83. The maximum Gasteiger partial charge on any atom is 0.328 e. The van der Waals surface area contributed by atoms with Gasteiger partial charge >= 0.3 is 5.97 Å². The zero-order valence-electron chi connectivity index (χ0n) is 28.4. The number of carbonyl (C=O) groups excluding carboxylic acids is 5. The molecule has 0 N–H and O–H groups in total. The molecule has 7 atom stereocenters. The third-order valence-electron chi connectivity index (χ3n) is 10.9. The average Bonchev–Trinajstić information content (AvgIpc) is 3.83. The summed E-state index contributed by atoms with van der Waals surface area (Å²) in [4.78, 5) is 77.8. The molecule has 4 fully saturated rings. The van der Waals surface area contributed by atoms with Gasteiger partial charge in [0.2, 0.25) is 23.6 Å². The number of hydrogen-bond donors (Lipinski definition) is 0. The lowest BCUT2D eigenvalue weighted by atomic mass is 9.70. The molecule has 4 heterocycles. The Morgan fingerprint density at radius 2 is 1.00 bits per heavy atom. The lowest BCUT2D eigenvalue weighted by Gasteiger charge is -2.40. The predicted molar refractivity (Wildman–Crippen MR) is 193 cm³/mol. The van der Waals surface area contributed by atoms with Gasteiger partial charge in [0.25, 0.3) is 0 Å². The molecule has 4 amide bonds. The van der Waals surface area contributed by atoms with Crippen LogP contribution in [0.1, 0.15) is 11.1 Å². The van der Waals surface area contributed by atoms with Crippen molar-refractivity contribution in [2.45, 2.75) is 17.6 Å². The molecule has 0 aliphatic carbocycles. The number of amides is 4. The van der Waals surface area contributed by atoms with Gasteiger partial charge in [-0.05, 0) is 47.5 Å².